The average molecular weight is 231 g/mol. The predicted molar refractivity (Wildman–Crippen MR) is 62.3 cm³/mol. The first kappa shape index (κ1) is 9.36. The molecule has 0 saturated carbocycles. The lowest BCUT2D eigenvalue weighted by molar-refractivity contribution is 0.617. The van der Waals surface area contributed by atoms with E-state index in [2.05, 4.69) is 9.97 Å². The van der Waals surface area contributed by atoms with Gasteiger partial charge in [0.25, 0.3) is 0 Å². The van der Waals surface area contributed by atoms with E-state index in [1.807, 2.05) is 30.3 Å². The van der Waals surface area contributed by atoms with Crippen LogP contribution >= 0.6 is 11.6 Å². The number of halogens is 1. The van der Waals surface area contributed by atoms with Gasteiger partial charge in [0.2, 0.25) is 5.28 Å². The van der Waals surface area contributed by atoms with Gasteiger partial charge in [-0.15, -0.1) is 0 Å². The maximum atomic E-state index is 5.76. The molecule has 0 radical (unpaired) electrons. The lowest BCUT2D eigenvalue weighted by atomic mass is 10.1. The number of para-hydroxylation sites is 1. The van der Waals surface area contributed by atoms with E-state index >= 15 is 0 Å². The molecule has 0 aliphatic heterocycles. The highest BCUT2D eigenvalue weighted by Gasteiger charge is 2.08. The highest BCUT2D eigenvalue weighted by molar-refractivity contribution is 6.28. The van der Waals surface area contributed by atoms with Crippen LogP contribution in [0.2, 0.25) is 5.28 Å². The number of hydrogen-bond acceptors (Lipinski definition) is 3. The van der Waals surface area contributed by atoms with Crippen LogP contribution in [0.25, 0.3) is 22.2 Å². The number of hydrogen-bond donors (Lipinski definition) is 0. The van der Waals surface area contributed by atoms with Gasteiger partial charge in [-0.2, -0.15) is 0 Å². The van der Waals surface area contributed by atoms with Crippen molar-refractivity contribution in [3.05, 3.63) is 48.1 Å². The first-order valence-corrected chi connectivity index (χ1v) is 5.17. The molecule has 0 saturated heterocycles. The van der Waals surface area contributed by atoms with Gasteiger partial charge in [-0.1, -0.05) is 18.2 Å². The van der Waals surface area contributed by atoms with Crippen LogP contribution in [-0.2, 0) is 0 Å². The van der Waals surface area contributed by atoms with Crippen molar-refractivity contribution in [3.8, 4) is 11.3 Å². The van der Waals surface area contributed by atoms with Gasteiger partial charge >= 0.3 is 0 Å². The Bertz CT molecular complexity index is 648. The van der Waals surface area contributed by atoms with Crippen LogP contribution in [0, 0.1) is 0 Å². The predicted octanol–water partition coefficient (Wildman–Crippen LogP) is 3.54. The van der Waals surface area contributed by atoms with E-state index in [9.17, 15) is 0 Å². The van der Waals surface area contributed by atoms with Crippen LogP contribution < -0.4 is 0 Å². The summed E-state index contributed by atoms with van der Waals surface area (Å²) < 4.78 is 5.44. The normalized spacial score (nSPS) is 10.8. The highest BCUT2D eigenvalue weighted by atomic mass is 35.5. The minimum atomic E-state index is 0.239. The second kappa shape index (κ2) is 3.61. The summed E-state index contributed by atoms with van der Waals surface area (Å²) in [4.78, 5) is 8.01. The van der Waals surface area contributed by atoms with Crippen LogP contribution in [0.5, 0.6) is 0 Å². The number of nitrogens with zero attached hydrogens (tertiary/aromatic N) is 2. The quantitative estimate of drug-likeness (QED) is 0.600. The molecule has 3 nitrogen and oxygen atoms in total. The van der Waals surface area contributed by atoms with E-state index < -0.39 is 0 Å². The van der Waals surface area contributed by atoms with Crippen LogP contribution in [-0.4, -0.2) is 9.97 Å². The minimum absolute atomic E-state index is 0.239. The van der Waals surface area contributed by atoms with Gasteiger partial charge in [-0.05, 0) is 23.7 Å². The van der Waals surface area contributed by atoms with Gasteiger partial charge in [0.1, 0.15) is 11.8 Å². The van der Waals surface area contributed by atoms with E-state index in [0.717, 1.165) is 22.2 Å². The van der Waals surface area contributed by atoms with Gasteiger partial charge in [0.05, 0.1) is 5.69 Å². The van der Waals surface area contributed by atoms with Gasteiger partial charge in [-0.3, -0.25) is 0 Å². The van der Waals surface area contributed by atoms with Crippen LogP contribution in [0.15, 0.2) is 47.2 Å². The van der Waals surface area contributed by atoms with Gasteiger partial charge < -0.3 is 4.42 Å². The third-order valence-corrected chi connectivity index (χ3v) is 2.57. The Hall–Kier alpha value is -1.87. The molecule has 2 heterocycles. The zero-order valence-electron chi connectivity index (χ0n) is 8.22. The summed E-state index contributed by atoms with van der Waals surface area (Å²) in [5, 5.41) is 1.26. The third-order valence-electron chi connectivity index (χ3n) is 2.38. The maximum Gasteiger partial charge on any atom is 0.222 e. The molecule has 78 valence electrons. The molecule has 0 unspecified atom stereocenters. The second-order valence-electron chi connectivity index (χ2n) is 3.36. The van der Waals surface area contributed by atoms with E-state index in [-0.39, 0.29) is 5.28 Å². The van der Waals surface area contributed by atoms with Crippen LogP contribution in [0.4, 0.5) is 0 Å². The molecule has 16 heavy (non-hydrogen) atoms. The Labute approximate surface area is 96.7 Å². The average Bonchev–Trinajstić information content (AvgIpc) is 2.72. The van der Waals surface area contributed by atoms with Crippen molar-refractivity contribution in [3.63, 3.8) is 0 Å². The van der Waals surface area contributed by atoms with Gasteiger partial charge in [0, 0.05) is 17.1 Å². The Balaban J connectivity index is 2.26. The molecule has 0 spiro atoms. The van der Waals surface area contributed by atoms with Gasteiger partial charge in [0.15, 0.2) is 0 Å². The highest BCUT2D eigenvalue weighted by Crippen LogP contribution is 2.29. The van der Waals surface area contributed by atoms with E-state index in [1.54, 1.807) is 12.5 Å². The van der Waals surface area contributed by atoms with Crippen molar-refractivity contribution >= 4 is 22.6 Å². The summed E-state index contributed by atoms with van der Waals surface area (Å²) in [6.07, 6.45) is 3.32. The van der Waals surface area contributed by atoms with Crippen molar-refractivity contribution in [1.29, 1.82) is 0 Å². The fraction of sp³-hybridized carbons (Fsp3) is 0. The zero-order valence-corrected chi connectivity index (χ0v) is 8.98. The molecule has 0 atom stereocenters. The molecule has 0 N–H and O–H groups in total. The minimum Gasteiger partial charge on any atom is -0.464 e. The van der Waals surface area contributed by atoms with Crippen LogP contribution in [0.3, 0.4) is 0 Å². The third kappa shape index (κ3) is 1.46. The molecule has 0 aliphatic carbocycles. The Morgan fingerprint density at radius 2 is 2.00 bits per heavy atom. The van der Waals surface area contributed by atoms with Crippen molar-refractivity contribution in [2.45, 2.75) is 0 Å². The van der Waals surface area contributed by atoms with Crippen molar-refractivity contribution in [2.24, 2.45) is 0 Å². The molecular weight excluding hydrogens is 224 g/mol. The summed E-state index contributed by atoms with van der Waals surface area (Å²) in [7, 11) is 0. The molecule has 0 aliphatic rings. The molecular formula is C12H7ClN2O. The van der Waals surface area contributed by atoms with Crippen molar-refractivity contribution < 1.29 is 4.42 Å². The summed E-state index contributed by atoms with van der Waals surface area (Å²) in [6, 6.07) is 9.61. The fourth-order valence-corrected chi connectivity index (χ4v) is 1.81. The Kier molecular flexibility index (Phi) is 2.11. The maximum absolute atomic E-state index is 5.76. The molecule has 1 aromatic carbocycles. The smallest absolute Gasteiger partial charge is 0.222 e. The van der Waals surface area contributed by atoms with Gasteiger partial charge in [-0.25, -0.2) is 9.97 Å². The first-order chi connectivity index (χ1) is 7.84. The monoisotopic (exact) mass is 230 g/mol. The zero-order chi connectivity index (χ0) is 11.0. The standard InChI is InChI=1S/C12H7ClN2O/c13-12-14-6-5-10(15-12)9-7-16-11-4-2-1-3-8(9)11/h1-7H. The summed E-state index contributed by atoms with van der Waals surface area (Å²) in [5.74, 6) is 0. The number of aromatic nitrogens is 2. The number of furan rings is 1. The van der Waals surface area contributed by atoms with Crippen molar-refractivity contribution in [2.75, 3.05) is 0 Å². The fourth-order valence-electron chi connectivity index (χ4n) is 1.66. The van der Waals surface area contributed by atoms with E-state index in [1.165, 1.54) is 0 Å². The Morgan fingerprint density at radius 1 is 1.12 bits per heavy atom. The molecule has 0 fully saturated rings. The second-order valence-corrected chi connectivity index (χ2v) is 3.69. The molecule has 4 heteroatoms. The van der Waals surface area contributed by atoms with Crippen LogP contribution in [0.1, 0.15) is 0 Å². The Morgan fingerprint density at radius 3 is 2.88 bits per heavy atom. The van der Waals surface area contributed by atoms with E-state index in [0.29, 0.717) is 0 Å². The topological polar surface area (TPSA) is 38.9 Å². The lowest BCUT2D eigenvalue weighted by Gasteiger charge is -1.96. The molecule has 0 bridgehead atoms. The molecule has 0 amide bonds. The summed E-state index contributed by atoms with van der Waals surface area (Å²) >= 11 is 5.76. The summed E-state index contributed by atoms with van der Waals surface area (Å²) in [5.41, 5.74) is 2.54. The lowest BCUT2D eigenvalue weighted by Crippen LogP contribution is -1.84. The summed E-state index contributed by atoms with van der Waals surface area (Å²) in [6.45, 7) is 0. The number of benzene rings is 1. The SMILES string of the molecule is Clc1nccc(-c2coc3ccccc23)n1. The molecule has 2 aromatic heterocycles. The number of rotatable bonds is 1. The van der Waals surface area contributed by atoms with Crippen molar-refractivity contribution in [1.82, 2.24) is 9.97 Å². The molecule has 3 aromatic rings. The molecule has 3 rings (SSSR count). The first-order valence-electron chi connectivity index (χ1n) is 4.80. The van der Waals surface area contributed by atoms with E-state index in [4.69, 9.17) is 16.0 Å². The number of fused-ring (bicyclic) bond motifs is 1. The largest absolute Gasteiger partial charge is 0.464 e.